The van der Waals surface area contributed by atoms with Crippen molar-refractivity contribution in [2.45, 2.75) is 19.8 Å². The minimum atomic E-state index is -0.304. The molecule has 1 amide bonds. The lowest BCUT2D eigenvalue weighted by molar-refractivity contribution is -0.114. The van der Waals surface area contributed by atoms with E-state index in [1.165, 1.54) is 12.1 Å². The number of anilines is 2. The summed E-state index contributed by atoms with van der Waals surface area (Å²) in [4.78, 5) is 11.9. The molecular weight excluding hydrogens is 295 g/mol. The van der Waals surface area contributed by atoms with Gasteiger partial charge in [0.1, 0.15) is 11.6 Å². The molecule has 4 nitrogen and oxygen atoms in total. The number of unbranched alkanes of at least 4 members (excludes halogenated alkanes) is 1. The summed E-state index contributed by atoms with van der Waals surface area (Å²) in [5.74, 6) is 0.316. The van der Waals surface area contributed by atoms with Crippen molar-refractivity contribution in [3.63, 3.8) is 0 Å². The maximum Gasteiger partial charge on any atom is 0.243 e. The minimum Gasteiger partial charge on any atom is -0.494 e. The Morgan fingerprint density at radius 1 is 1.04 bits per heavy atom. The molecule has 0 aliphatic rings. The second-order valence-electron chi connectivity index (χ2n) is 5.14. The van der Waals surface area contributed by atoms with Gasteiger partial charge in [0.15, 0.2) is 0 Å². The van der Waals surface area contributed by atoms with Crippen LogP contribution >= 0.6 is 0 Å². The molecule has 0 aliphatic heterocycles. The van der Waals surface area contributed by atoms with E-state index < -0.39 is 0 Å². The zero-order valence-corrected chi connectivity index (χ0v) is 13.1. The summed E-state index contributed by atoms with van der Waals surface area (Å²) in [6, 6.07) is 13.1. The molecule has 0 radical (unpaired) electrons. The highest BCUT2D eigenvalue weighted by Crippen LogP contribution is 2.16. The summed E-state index contributed by atoms with van der Waals surface area (Å²) in [7, 11) is 0. The zero-order valence-electron chi connectivity index (χ0n) is 13.1. The zero-order chi connectivity index (χ0) is 16.5. The Morgan fingerprint density at radius 2 is 1.70 bits per heavy atom. The fourth-order valence-corrected chi connectivity index (χ4v) is 1.92. The third-order valence-corrected chi connectivity index (χ3v) is 3.20. The second-order valence-corrected chi connectivity index (χ2v) is 5.14. The number of halogens is 1. The molecule has 0 aliphatic carbocycles. The van der Waals surface area contributed by atoms with Crippen LogP contribution in [0.2, 0.25) is 0 Å². The molecule has 0 bridgehead atoms. The van der Waals surface area contributed by atoms with Crippen molar-refractivity contribution in [2.75, 3.05) is 23.8 Å². The molecule has 0 unspecified atom stereocenters. The van der Waals surface area contributed by atoms with Gasteiger partial charge in [0, 0.05) is 11.4 Å². The molecular formula is C18H21FN2O2. The fourth-order valence-electron chi connectivity index (χ4n) is 1.92. The molecule has 0 heterocycles. The Labute approximate surface area is 135 Å². The van der Waals surface area contributed by atoms with Crippen LogP contribution in [-0.2, 0) is 4.79 Å². The predicted molar refractivity (Wildman–Crippen MR) is 90.4 cm³/mol. The van der Waals surface area contributed by atoms with Gasteiger partial charge in [-0.15, -0.1) is 0 Å². The molecule has 0 fully saturated rings. The van der Waals surface area contributed by atoms with Crippen molar-refractivity contribution in [1.29, 1.82) is 0 Å². The number of amides is 1. The van der Waals surface area contributed by atoms with Gasteiger partial charge in [-0.05, 0) is 55.0 Å². The highest BCUT2D eigenvalue weighted by atomic mass is 19.1. The quantitative estimate of drug-likeness (QED) is 0.722. The van der Waals surface area contributed by atoms with E-state index in [1.807, 2.05) is 12.1 Å². The van der Waals surface area contributed by atoms with E-state index in [0.29, 0.717) is 18.0 Å². The summed E-state index contributed by atoms with van der Waals surface area (Å²) in [6.07, 6.45) is 2.11. The van der Waals surface area contributed by atoms with Gasteiger partial charge in [-0.3, -0.25) is 4.79 Å². The summed E-state index contributed by atoms with van der Waals surface area (Å²) >= 11 is 0. The van der Waals surface area contributed by atoms with Crippen LogP contribution in [0.3, 0.4) is 0 Å². The predicted octanol–water partition coefficient (Wildman–Crippen LogP) is 4.06. The Kier molecular flexibility index (Phi) is 6.41. The van der Waals surface area contributed by atoms with Crippen molar-refractivity contribution in [3.8, 4) is 5.75 Å². The first kappa shape index (κ1) is 16.8. The van der Waals surface area contributed by atoms with E-state index in [0.717, 1.165) is 18.6 Å². The van der Waals surface area contributed by atoms with E-state index in [4.69, 9.17) is 4.74 Å². The van der Waals surface area contributed by atoms with Crippen LogP contribution in [0.4, 0.5) is 15.8 Å². The average Bonchev–Trinajstić information content (AvgIpc) is 2.56. The molecule has 2 rings (SSSR count). The second kappa shape index (κ2) is 8.78. The standard InChI is InChI=1S/C18H21FN2O2/c1-2-3-12-23-17-10-8-16(9-11-17)21-18(22)13-20-15-6-4-14(19)5-7-15/h4-11,20H,2-3,12-13H2,1H3,(H,21,22). The molecule has 122 valence electrons. The van der Waals surface area contributed by atoms with E-state index in [9.17, 15) is 9.18 Å². The van der Waals surface area contributed by atoms with Crippen molar-refractivity contribution >= 4 is 17.3 Å². The summed E-state index contributed by atoms with van der Waals surface area (Å²) in [6.45, 7) is 2.92. The summed E-state index contributed by atoms with van der Waals surface area (Å²) in [5.41, 5.74) is 1.40. The number of ether oxygens (including phenoxy) is 1. The molecule has 0 saturated heterocycles. The number of carbonyl (C=O) groups excluding carboxylic acids is 1. The average molecular weight is 316 g/mol. The Balaban J connectivity index is 1.77. The van der Waals surface area contributed by atoms with Gasteiger partial charge in [-0.25, -0.2) is 4.39 Å². The van der Waals surface area contributed by atoms with Crippen LogP contribution in [0.1, 0.15) is 19.8 Å². The number of hydrogen-bond acceptors (Lipinski definition) is 3. The third kappa shape index (κ3) is 5.98. The van der Waals surface area contributed by atoms with Gasteiger partial charge >= 0.3 is 0 Å². The monoisotopic (exact) mass is 316 g/mol. The molecule has 0 atom stereocenters. The Hall–Kier alpha value is -2.56. The molecule has 0 aromatic heterocycles. The highest BCUT2D eigenvalue weighted by molar-refractivity contribution is 5.93. The molecule has 0 spiro atoms. The topological polar surface area (TPSA) is 50.4 Å². The minimum absolute atomic E-state index is 0.111. The molecule has 2 aromatic carbocycles. The first-order chi connectivity index (χ1) is 11.2. The van der Waals surface area contributed by atoms with Gasteiger partial charge in [0.2, 0.25) is 5.91 Å². The van der Waals surface area contributed by atoms with Crippen molar-refractivity contribution in [2.24, 2.45) is 0 Å². The van der Waals surface area contributed by atoms with Gasteiger partial charge in [-0.1, -0.05) is 13.3 Å². The van der Waals surface area contributed by atoms with Crippen LogP contribution in [-0.4, -0.2) is 19.1 Å². The normalized spacial score (nSPS) is 10.2. The maximum atomic E-state index is 12.8. The first-order valence-electron chi connectivity index (χ1n) is 7.69. The first-order valence-corrected chi connectivity index (χ1v) is 7.69. The number of carbonyl (C=O) groups is 1. The van der Waals surface area contributed by atoms with Crippen LogP contribution < -0.4 is 15.4 Å². The Morgan fingerprint density at radius 3 is 2.35 bits per heavy atom. The van der Waals surface area contributed by atoms with E-state index in [1.54, 1.807) is 24.3 Å². The molecule has 5 heteroatoms. The number of benzene rings is 2. The largest absolute Gasteiger partial charge is 0.494 e. The fraction of sp³-hybridized carbons (Fsp3) is 0.278. The summed E-state index contributed by atoms with van der Waals surface area (Å²) in [5, 5.41) is 5.72. The third-order valence-electron chi connectivity index (χ3n) is 3.20. The summed E-state index contributed by atoms with van der Waals surface area (Å²) < 4.78 is 18.4. The number of hydrogen-bond donors (Lipinski definition) is 2. The highest BCUT2D eigenvalue weighted by Gasteiger charge is 2.03. The van der Waals surface area contributed by atoms with E-state index in [-0.39, 0.29) is 18.3 Å². The number of nitrogens with one attached hydrogen (secondary N) is 2. The van der Waals surface area contributed by atoms with Crippen molar-refractivity contribution in [1.82, 2.24) is 0 Å². The van der Waals surface area contributed by atoms with Gasteiger partial charge in [0.25, 0.3) is 0 Å². The maximum absolute atomic E-state index is 12.8. The van der Waals surface area contributed by atoms with Crippen molar-refractivity contribution < 1.29 is 13.9 Å². The van der Waals surface area contributed by atoms with E-state index in [2.05, 4.69) is 17.6 Å². The molecule has 23 heavy (non-hydrogen) atoms. The van der Waals surface area contributed by atoms with Crippen LogP contribution in [0, 0.1) is 5.82 Å². The molecule has 0 saturated carbocycles. The van der Waals surface area contributed by atoms with Gasteiger partial charge in [0.05, 0.1) is 13.2 Å². The SMILES string of the molecule is CCCCOc1ccc(NC(=O)CNc2ccc(F)cc2)cc1. The molecule has 2 aromatic rings. The van der Waals surface area contributed by atoms with E-state index >= 15 is 0 Å². The number of rotatable bonds is 8. The van der Waals surface area contributed by atoms with Crippen LogP contribution in [0.5, 0.6) is 5.75 Å². The lowest BCUT2D eigenvalue weighted by Crippen LogP contribution is -2.21. The van der Waals surface area contributed by atoms with Crippen molar-refractivity contribution in [3.05, 3.63) is 54.3 Å². The smallest absolute Gasteiger partial charge is 0.243 e. The van der Waals surface area contributed by atoms with Crippen LogP contribution in [0.15, 0.2) is 48.5 Å². The lowest BCUT2D eigenvalue weighted by Gasteiger charge is -2.09. The lowest BCUT2D eigenvalue weighted by atomic mass is 10.3. The van der Waals surface area contributed by atoms with Gasteiger partial charge in [-0.2, -0.15) is 0 Å². The Bertz CT molecular complexity index is 612. The van der Waals surface area contributed by atoms with Gasteiger partial charge < -0.3 is 15.4 Å². The van der Waals surface area contributed by atoms with Crippen LogP contribution in [0.25, 0.3) is 0 Å². The molecule has 2 N–H and O–H groups in total.